The smallest absolute Gasteiger partial charge is 0.224 e. The Morgan fingerprint density at radius 2 is 1.90 bits per heavy atom. The fourth-order valence-electron chi connectivity index (χ4n) is 1.83. The molecular formula is C16H20N2O2. The van der Waals surface area contributed by atoms with Gasteiger partial charge < -0.3 is 15.1 Å². The Hall–Kier alpha value is -2.23. The number of benzene rings is 1. The summed E-state index contributed by atoms with van der Waals surface area (Å²) in [6.07, 6.45) is 4.19. The van der Waals surface area contributed by atoms with Gasteiger partial charge in [-0.2, -0.15) is 0 Å². The zero-order valence-electron chi connectivity index (χ0n) is 11.7. The number of nitrogens with one attached hydrogen (secondary N) is 2. The SMILES string of the molecule is CCCCC(=O)Nc1ccc(NCc2ccco2)cc1. The van der Waals surface area contributed by atoms with Crippen LogP contribution in [0.3, 0.4) is 0 Å². The van der Waals surface area contributed by atoms with Crippen molar-refractivity contribution in [3.05, 3.63) is 48.4 Å². The summed E-state index contributed by atoms with van der Waals surface area (Å²) in [5, 5.41) is 6.14. The first-order chi connectivity index (χ1) is 9.78. The Morgan fingerprint density at radius 3 is 2.55 bits per heavy atom. The molecule has 2 N–H and O–H groups in total. The van der Waals surface area contributed by atoms with Gasteiger partial charge >= 0.3 is 0 Å². The van der Waals surface area contributed by atoms with Crippen LogP contribution in [-0.2, 0) is 11.3 Å². The number of hydrogen-bond acceptors (Lipinski definition) is 3. The van der Waals surface area contributed by atoms with Gasteiger partial charge in [0.15, 0.2) is 0 Å². The molecule has 0 fully saturated rings. The Morgan fingerprint density at radius 1 is 1.15 bits per heavy atom. The summed E-state index contributed by atoms with van der Waals surface area (Å²) in [4.78, 5) is 11.6. The number of carbonyl (C=O) groups excluding carboxylic acids is 1. The summed E-state index contributed by atoms with van der Waals surface area (Å²) < 4.78 is 5.25. The van der Waals surface area contributed by atoms with Gasteiger partial charge in [0.2, 0.25) is 5.91 Å². The van der Waals surface area contributed by atoms with Crippen molar-refractivity contribution in [1.29, 1.82) is 0 Å². The van der Waals surface area contributed by atoms with Crippen molar-refractivity contribution < 1.29 is 9.21 Å². The molecule has 1 heterocycles. The molecule has 1 amide bonds. The Balaban J connectivity index is 1.81. The highest BCUT2D eigenvalue weighted by Gasteiger charge is 2.01. The van der Waals surface area contributed by atoms with Crippen LogP contribution in [0.5, 0.6) is 0 Å². The van der Waals surface area contributed by atoms with Crippen molar-refractivity contribution in [3.63, 3.8) is 0 Å². The molecule has 0 aliphatic rings. The van der Waals surface area contributed by atoms with Crippen LogP contribution in [0.1, 0.15) is 31.9 Å². The van der Waals surface area contributed by atoms with E-state index in [1.54, 1.807) is 6.26 Å². The minimum absolute atomic E-state index is 0.0724. The van der Waals surface area contributed by atoms with Crippen LogP contribution in [0, 0.1) is 0 Å². The van der Waals surface area contributed by atoms with Crippen molar-refractivity contribution in [1.82, 2.24) is 0 Å². The fraction of sp³-hybridized carbons (Fsp3) is 0.312. The first-order valence-electron chi connectivity index (χ1n) is 6.94. The lowest BCUT2D eigenvalue weighted by atomic mass is 10.2. The maximum absolute atomic E-state index is 11.6. The zero-order valence-corrected chi connectivity index (χ0v) is 11.7. The first-order valence-corrected chi connectivity index (χ1v) is 6.94. The second-order valence-corrected chi connectivity index (χ2v) is 4.66. The zero-order chi connectivity index (χ0) is 14.2. The molecule has 0 saturated heterocycles. The first kappa shape index (κ1) is 14.2. The van der Waals surface area contributed by atoms with Crippen LogP contribution in [0.15, 0.2) is 47.1 Å². The van der Waals surface area contributed by atoms with E-state index in [1.165, 1.54) is 0 Å². The van der Waals surface area contributed by atoms with Gasteiger partial charge in [0.1, 0.15) is 5.76 Å². The molecule has 106 valence electrons. The topological polar surface area (TPSA) is 54.3 Å². The quantitative estimate of drug-likeness (QED) is 0.800. The molecule has 0 unspecified atom stereocenters. The molecule has 0 radical (unpaired) electrons. The van der Waals surface area contributed by atoms with E-state index < -0.39 is 0 Å². The summed E-state index contributed by atoms with van der Waals surface area (Å²) in [7, 11) is 0. The standard InChI is InChI=1S/C16H20N2O2/c1-2-3-6-16(19)18-14-9-7-13(8-10-14)17-12-15-5-4-11-20-15/h4-5,7-11,17H,2-3,6,12H2,1H3,(H,18,19). The molecule has 0 atom stereocenters. The Bertz CT molecular complexity index is 518. The van der Waals surface area contributed by atoms with E-state index >= 15 is 0 Å². The van der Waals surface area contributed by atoms with Gasteiger partial charge in [-0.25, -0.2) is 0 Å². The van der Waals surface area contributed by atoms with Crippen molar-refractivity contribution in [3.8, 4) is 0 Å². The van der Waals surface area contributed by atoms with Crippen molar-refractivity contribution in [2.45, 2.75) is 32.7 Å². The maximum atomic E-state index is 11.6. The summed E-state index contributed by atoms with van der Waals surface area (Å²) in [5.41, 5.74) is 1.82. The molecule has 1 aromatic heterocycles. The van der Waals surface area contributed by atoms with Gasteiger partial charge in [-0.05, 0) is 42.8 Å². The van der Waals surface area contributed by atoms with Gasteiger partial charge in [0, 0.05) is 17.8 Å². The number of carbonyl (C=O) groups is 1. The highest BCUT2D eigenvalue weighted by atomic mass is 16.3. The molecule has 2 rings (SSSR count). The molecule has 1 aromatic carbocycles. The fourth-order valence-corrected chi connectivity index (χ4v) is 1.83. The summed E-state index contributed by atoms with van der Waals surface area (Å²) >= 11 is 0. The van der Waals surface area contributed by atoms with E-state index in [9.17, 15) is 4.79 Å². The van der Waals surface area contributed by atoms with E-state index in [0.717, 1.165) is 30.0 Å². The number of hydrogen-bond donors (Lipinski definition) is 2. The molecule has 0 aliphatic carbocycles. The minimum atomic E-state index is 0.0724. The van der Waals surface area contributed by atoms with Gasteiger partial charge in [-0.15, -0.1) is 0 Å². The molecular weight excluding hydrogens is 252 g/mol. The Kier molecular flexibility index (Phi) is 5.24. The second kappa shape index (κ2) is 7.38. The normalized spacial score (nSPS) is 10.2. The Labute approximate surface area is 119 Å². The molecule has 2 aromatic rings. The number of amides is 1. The molecule has 4 nitrogen and oxygen atoms in total. The largest absolute Gasteiger partial charge is 0.467 e. The summed E-state index contributed by atoms with van der Waals surface area (Å²) in [5.74, 6) is 0.963. The second-order valence-electron chi connectivity index (χ2n) is 4.66. The lowest BCUT2D eigenvalue weighted by Crippen LogP contribution is -2.10. The minimum Gasteiger partial charge on any atom is -0.467 e. The maximum Gasteiger partial charge on any atom is 0.224 e. The lowest BCUT2D eigenvalue weighted by molar-refractivity contribution is -0.116. The van der Waals surface area contributed by atoms with Crippen molar-refractivity contribution in [2.24, 2.45) is 0 Å². The predicted octanol–water partition coefficient (Wildman–Crippen LogP) is 4.02. The van der Waals surface area contributed by atoms with E-state index in [2.05, 4.69) is 17.6 Å². The van der Waals surface area contributed by atoms with E-state index in [-0.39, 0.29) is 5.91 Å². The number of unbranched alkanes of at least 4 members (excludes halogenated alkanes) is 1. The molecule has 0 saturated carbocycles. The summed E-state index contributed by atoms with van der Waals surface area (Å²) in [6, 6.07) is 11.5. The van der Waals surface area contributed by atoms with Crippen LogP contribution in [0.25, 0.3) is 0 Å². The van der Waals surface area contributed by atoms with E-state index in [0.29, 0.717) is 13.0 Å². The third-order valence-electron chi connectivity index (χ3n) is 2.97. The van der Waals surface area contributed by atoms with E-state index in [4.69, 9.17) is 4.42 Å². The highest BCUT2D eigenvalue weighted by molar-refractivity contribution is 5.90. The molecule has 0 spiro atoms. The molecule has 0 bridgehead atoms. The van der Waals surface area contributed by atoms with Crippen molar-refractivity contribution >= 4 is 17.3 Å². The monoisotopic (exact) mass is 272 g/mol. The van der Waals surface area contributed by atoms with Crippen LogP contribution >= 0.6 is 0 Å². The van der Waals surface area contributed by atoms with Crippen LogP contribution in [0.2, 0.25) is 0 Å². The highest BCUT2D eigenvalue weighted by Crippen LogP contribution is 2.15. The van der Waals surface area contributed by atoms with Crippen LogP contribution in [0.4, 0.5) is 11.4 Å². The predicted molar refractivity (Wildman–Crippen MR) is 80.6 cm³/mol. The third kappa shape index (κ3) is 4.46. The average molecular weight is 272 g/mol. The third-order valence-corrected chi connectivity index (χ3v) is 2.97. The van der Waals surface area contributed by atoms with E-state index in [1.807, 2.05) is 36.4 Å². The number of rotatable bonds is 7. The van der Waals surface area contributed by atoms with Gasteiger partial charge in [0.25, 0.3) is 0 Å². The van der Waals surface area contributed by atoms with Gasteiger partial charge in [0.05, 0.1) is 12.8 Å². The lowest BCUT2D eigenvalue weighted by Gasteiger charge is -2.07. The van der Waals surface area contributed by atoms with Gasteiger partial charge in [-0.1, -0.05) is 13.3 Å². The van der Waals surface area contributed by atoms with Crippen molar-refractivity contribution in [2.75, 3.05) is 10.6 Å². The summed E-state index contributed by atoms with van der Waals surface area (Å²) in [6.45, 7) is 2.72. The number of anilines is 2. The average Bonchev–Trinajstić information content (AvgIpc) is 2.98. The molecule has 0 aliphatic heterocycles. The van der Waals surface area contributed by atoms with Crippen LogP contribution in [-0.4, -0.2) is 5.91 Å². The molecule has 20 heavy (non-hydrogen) atoms. The van der Waals surface area contributed by atoms with Crippen LogP contribution < -0.4 is 10.6 Å². The number of furan rings is 1. The van der Waals surface area contributed by atoms with Gasteiger partial charge in [-0.3, -0.25) is 4.79 Å². The molecule has 4 heteroatoms.